The van der Waals surface area contributed by atoms with E-state index in [0.717, 1.165) is 17.7 Å². The Morgan fingerprint density at radius 3 is 1.78 bits per heavy atom. The first-order valence-electron chi connectivity index (χ1n) is 12.8. The number of nitrogens with two attached hydrogens (primary N) is 1. The van der Waals surface area contributed by atoms with Crippen molar-refractivity contribution >= 4 is 52.7 Å². The summed E-state index contributed by atoms with van der Waals surface area (Å²) < 4.78 is 1.23. The minimum Gasteiger partial charge on any atom is -0.478 e. The molecule has 0 fully saturated rings. The lowest BCUT2D eigenvalue weighted by Crippen LogP contribution is -2.14. The number of hydrogen-bond donors (Lipinski definition) is 8. The van der Waals surface area contributed by atoms with Gasteiger partial charge < -0.3 is 31.7 Å². The molecular formula is C28H23N9O8. The van der Waals surface area contributed by atoms with Gasteiger partial charge in [-0.3, -0.25) is 10.4 Å². The van der Waals surface area contributed by atoms with Gasteiger partial charge in [0.2, 0.25) is 11.9 Å². The molecule has 2 aromatic heterocycles. The van der Waals surface area contributed by atoms with Crippen LogP contribution in [0.25, 0.3) is 17.2 Å². The summed E-state index contributed by atoms with van der Waals surface area (Å²) in [5.74, 6) is -4.49. The number of benzene rings is 3. The highest BCUT2D eigenvalue weighted by atomic mass is 16.8. The van der Waals surface area contributed by atoms with E-state index in [4.69, 9.17) is 5.73 Å². The highest BCUT2D eigenvalue weighted by Crippen LogP contribution is 2.29. The number of nitrogens with zero attached hydrogens (tertiary/aromatic N) is 6. The average molecular weight is 614 g/mol. The molecule has 0 bridgehead atoms. The summed E-state index contributed by atoms with van der Waals surface area (Å²) in [7, 11) is 0. The van der Waals surface area contributed by atoms with E-state index in [-0.39, 0.29) is 62.6 Å². The third-order valence-corrected chi connectivity index (χ3v) is 6.36. The fourth-order valence-electron chi connectivity index (χ4n) is 4.23. The van der Waals surface area contributed by atoms with E-state index in [1.165, 1.54) is 28.9 Å². The van der Waals surface area contributed by atoms with Gasteiger partial charge in [-0.2, -0.15) is 24.7 Å². The van der Waals surface area contributed by atoms with Crippen LogP contribution >= 0.6 is 0 Å². The predicted octanol–water partition coefficient (Wildman–Crippen LogP) is 3.78. The van der Waals surface area contributed by atoms with Crippen LogP contribution in [0.1, 0.15) is 36.6 Å². The van der Waals surface area contributed by atoms with Gasteiger partial charge >= 0.3 is 17.9 Å². The summed E-state index contributed by atoms with van der Waals surface area (Å²) in [6.07, 6.45) is 0. The maximum atomic E-state index is 11.6. The normalized spacial score (nSPS) is 10.7. The maximum absolute atomic E-state index is 11.6. The SMILES string of the molecule is Cc1c(-c2ccccc2)nn(-c2nc(Nc3cc(C(=O)O)cc(C(=O)O)c3)nc(Nc3cc(C(=O)O)cc(N(O)O)c3)n2)c1N. The van der Waals surface area contributed by atoms with Crippen LogP contribution in [0.3, 0.4) is 0 Å². The first-order valence-corrected chi connectivity index (χ1v) is 12.8. The molecular weight excluding hydrogens is 590 g/mol. The van der Waals surface area contributed by atoms with Gasteiger partial charge in [0.1, 0.15) is 5.82 Å². The third kappa shape index (κ3) is 6.43. The number of carbonyl (C=O) groups is 3. The molecule has 0 spiro atoms. The average Bonchev–Trinajstić information content (AvgIpc) is 3.30. The van der Waals surface area contributed by atoms with Gasteiger partial charge in [0.25, 0.3) is 5.95 Å². The van der Waals surface area contributed by atoms with Crippen LogP contribution in [0.15, 0.2) is 66.7 Å². The zero-order chi connectivity index (χ0) is 32.4. The van der Waals surface area contributed by atoms with Crippen LogP contribution in [0.2, 0.25) is 0 Å². The summed E-state index contributed by atoms with van der Waals surface area (Å²) in [4.78, 5) is 47.9. The Kier molecular flexibility index (Phi) is 7.94. The van der Waals surface area contributed by atoms with E-state index in [0.29, 0.717) is 11.3 Å². The number of carboxylic acids is 3. The van der Waals surface area contributed by atoms with Gasteiger partial charge in [0.15, 0.2) is 0 Å². The second-order valence-electron chi connectivity index (χ2n) is 9.44. The van der Waals surface area contributed by atoms with Crippen molar-refractivity contribution in [3.05, 3.63) is 89.0 Å². The number of nitrogens with one attached hydrogen (secondary N) is 2. The van der Waals surface area contributed by atoms with E-state index in [1.807, 2.05) is 30.3 Å². The Bertz CT molecular complexity index is 1930. The number of carboxylic acid groups (broad SMARTS) is 3. The van der Waals surface area contributed by atoms with Crippen LogP contribution < -0.4 is 21.6 Å². The van der Waals surface area contributed by atoms with Gasteiger partial charge in [-0.05, 0) is 43.3 Å². The maximum Gasteiger partial charge on any atom is 0.335 e. The fraction of sp³-hybridized carbons (Fsp3) is 0.0357. The molecule has 5 rings (SSSR count). The zero-order valence-electron chi connectivity index (χ0n) is 23.1. The van der Waals surface area contributed by atoms with Crippen molar-refractivity contribution in [2.75, 3.05) is 21.6 Å². The highest BCUT2D eigenvalue weighted by molar-refractivity contribution is 5.95. The van der Waals surface area contributed by atoms with Crippen LogP contribution in [-0.4, -0.2) is 68.4 Å². The van der Waals surface area contributed by atoms with Crippen molar-refractivity contribution in [1.82, 2.24) is 24.7 Å². The molecule has 0 amide bonds. The van der Waals surface area contributed by atoms with E-state index in [9.17, 15) is 40.1 Å². The second-order valence-corrected chi connectivity index (χ2v) is 9.44. The molecule has 0 aliphatic heterocycles. The smallest absolute Gasteiger partial charge is 0.335 e. The Morgan fingerprint density at radius 2 is 1.27 bits per heavy atom. The molecule has 2 heterocycles. The highest BCUT2D eigenvalue weighted by Gasteiger charge is 2.20. The van der Waals surface area contributed by atoms with Crippen molar-refractivity contribution in [3.63, 3.8) is 0 Å². The molecule has 0 atom stereocenters. The first-order chi connectivity index (χ1) is 21.4. The van der Waals surface area contributed by atoms with Crippen molar-refractivity contribution in [2.45, 2.75) is 6.92 Å². The molecule has 0 radical (unpaired) electrons. The third-order valence-electron chi connectivity index (χ3n) is 6.36. The number of anilines is 6. The van der Waals surface area contributed by atoms with Gasteiger partial charge in [0, 0.05) is 22.5 Å². The number of rotatable bonds is 10. The van der Waals surface area contributed by atoms with Gasteiger partial charge in [-0.15, -0.1) is 5.23 Å². The summed E-state index contributed by atoms with van der Waals surface area (Å²) in [6.45, 7) is 1.75. The molecule has 5 aromatic rings. The molecule has 0 saturated carbocycles. The van der Waals surface area contributed by atoms with Crippen molar-refractivity contribution in [1.29, 1.82) is 0 Å². The molecule has 45 heavy (non-hydrogen) atoms. The lowest BCUT2D eigenvalue weighted by molar-refractivity contribution is 0.0291. The Hall–Kier alpha value is -6.59. The van der Waals surface area contributed by atoms with Gasteiger partial charge in [0.05, 0.1) is 28.1 Å². The predicted molar refractivity (Wildman–Crippen MR) is 158 cm³/mol. The molecule has 228 valence electrons. The molecule has 9 N–H and O–H groups in total. The fourth-order valence-corrected chi connectivity index (χ4v) is 4.23. The summed E-state index contributed by atoms with van der Waals surface area (Å²) in [5.41, 5.74) is 7.09. The molecule has 17 nitrogen and oxygen atoms in total. The molecule has 3 aromatic carbocycles. The molecule has 0 aliphatic rings. The molecule has 17 heteroatoms. The summed E-state index contributed by atoms with van der Waals surface area (Å²) in [5, 5.41) is 57.3. The number of aromatic carboxylic acids is 3. The number of hydrogen-bond acceptors (Lipinski definition) is 13. The van der Waals surface area contributed by atoms with E-state index >= 15 is 0 Å². The Morgan fingerprint density at radius 1 is 0.756 bits per heavy atom. The number of aromatic nitrogens is 5. The van der Waals surface area contributed by atoms with Gasteiger partial charge in [-0.1, -0.05) is 30.3 Å². The number of nitrogen functional groups attached to an aromatic ring is 1. The van der Waals surface area contributed by atoms with Crippen LogP contribution in [0.4, 0.5) is 34.8 Å². The van der Waals surface area contributed by atoms with Crippen molar-refractivity contribution in [2.24, 2.45) is 0 Å². The minimum atomic E-state index is -1.37. The van der Waals surface area contributed by atoms with E-state index in [2.05, 4.69) is 30.7 Å². The Labute approximate surface area is 252 Å². The monoisotopic (exact) mass is 613 g/mol. The standard InChI is InChI=1S/C28H23N9O8/c1-13-21(14-5-3-2-4-6-14)35-36(22(13)29)28-33-26(30-18-8-15(23(38)39)7-16(9-18)24(40)41)32-27(34-28)31-19-10-17(25(42)43)11-20(12-19)37(44)45/h2-12,44-45H,29H2,1H3,(H,38,39)(H,40,41)(H,42,43)(H2,30,31,32,33,34). The molecule has 0 saturated heterocycles. The second kappa shape index (κ2) is 12.0. The van der Waals surface area contributed by atoms with Crippen LogP contribution in [0, 0.1) is 6.92 Å². The summed E-state index contributed by atoms with van der Waals surface area (Å²) in [6, 6.07) is 15.9. The van der Waals surface area contributed by atoms with Crippen molar-refractivity contribution in [3.8, 4) is 17.2 Å². The van der Waals surface area contributed by atoms with Crippen LogP contribution in [-0.2, 0) is 0 Å². The zero-order valence-corrected chi connectivity index (χ0v) is 23.1. The lowest BCUT2D eigenvalue weighted by atomic mass is 10.1. The first kappa shape index (κ1) is 29.9. The quantitative estimate of drug-likeness (QED) is 0.104. The Balaban J connectivity index is 1.65. The molecule has 0 unspecified atom stereocenters. The van der Waals surface area contributed by atoms with E-state index in [1.54, 1.807) is 6.92 Å². The van der Waals surface area contributed by atoms with Crippen molar-refractivity contribution < 1.29 is 40.1 Å². The molecule has 0 aliphatic carbocycles. The minimum absolute atomic E-state index is 0.0105. The topological polar surface area (TPSA) is 262 Å². The summed E-state index contributed by atoms with van der Waals surface area (Å²) >= 11 is 0. The van der Waals surface area contributed by atoms with Gasteiger partial charge in [-0.25, -0.2) is 14.4 Å². The van der Waals surface area contributed by atoms with Crippen LogP contribution in [0.5, 0.6) is 0 Å². The largest absolute Gasteiger partial charge is 0.478 e. The lowest BCUT2D eigenvalue weighted by Gasteiger charge is -2.14. The van der Waals surface area contributed by atoms with E-state index < -0.39 is 17.9 Å².